The van der Waals surface area contributed by atoms with Crippen LogP contribution in [0.15, 0.2) is 96.0 Å². The van der Waals surface area contributed by atoms with Gasteiger partial charge in [-0.05, 0) is 48.5 Å². The molecule has 0 bridgehead atoms. The molecule has 0 unspecified atom stereocenters. The van der Waals surface area contributed by atoms with Gasteiger partial charge in [0, 0.05) is 17.0 Å². The summed E-state index contributed by atoms with van der Waals surface area (Å²) in [4.78, 5) is 22.0. The lowest BCUT2D eigenvalue weighted by molar-refractivity contribution is 0.102. The second-order valence-electron chi connectivity index (χ2n) is 6.75. The molecule has 0 amide bonds. The highest BCUT2D eigenvalue weighted by molar-refractivity contribution is 7.90. The van der Waals surface area contributed by atoms with Gasteiger partial charge in [-0.25, -0.2) is 22.4 Å². The zero-order chi connectivity index (χ0) is 20.7. The van der Waals surface area contributed by atoms with Crippen molar-refractivity contribution in [1.82, 2.24) is 13.9 Å². The van der Waals surface area contributed by atoms with E-state index in [1.54, 1.807) is 72.9 Å². The SMILES string of the molecule is O=C(c1ccc2cccnc2n1)c1cc2ccccc2n1S(=O)(=O)c1ccccc1. The van der Waals surface area contributed by atoms with E-state index in [9.17, 15) is 13.2 Å². The van der Waals surface area contributed by atoms with Crippen LogP contribution in [0.1, 0.15) is 16.2 Å². The molecule has 5 rings (SSSR count). The van der Waals surface area contributed by atoms with Gasteiger partial charge in [-0.15, -0.1) is 0 Å². The lowest BCUT2D eigenvalue weighted by atomic mass is 10.1. The van der Waals surface area contributed by atoms with E-state index in [0.717, 1.165) is 9.36 Å². The maximum Gasteiger partial charge on any atom is 0.268 e. The molecule has 2 aromatic carbocycles. The fourth-order valence-corrected chi connectivity index (χ4v) is 4.99. The number of benzene rings is 2. The zero-order valence-electron chi connectivity index (χ0n) is 15.6. The Hall–Kier alpha value is -3.84. The molecule has 5 aromatic rings. The van der Waals surface area contributed by atoms with Crippen LogP contribution in [0.2, 0.25) is 0 Å². The Morgan fingerprint density at radius 2 is 1.53 bits per heavy atom. The number of carbonyl (C=O) groups excluding carboxylic acids is 1. The van der Waals surface area contributed by atoms with Crippen molar-refractivity contribution in [3.05, 3.63) is 103 Å². The maximum absolute atomic E-state index is 13.5. The van der Waals surface area contributed by atoms with E-state index in [1.807, 2.05) is 6.07 Å². The maximum atomic E-state index is 13.5. The number of rotatable bonds is 4. The van der Waals surface area contributed by atoms with E-state index >= 15 is 0 Å². The molecule has 0 atom stereocenters. The number of carbonyl (C=O) groups is 1. The average Bonchev–Trinajstić information content (AvgIpc) is 3.19. The molecule has 3 heterocycles. The number of hydrogen-bond acceptors (Lipinski definition) is 5. The lowest BCUT2D eigenvalue weighted by Gasteiger charge is -2.11. The molecular formula is C23H15N3O3S. The van der Waals surface area contributed by atoms with E-state index in [-0.39, 0.29) is 16.3 Å². The first-order valence-electron chi connectivity index (χ1n) is 9.23. The summed E-state index contributed by atoms with van der Waals surface area (Å²) in [5.74, 6) is -0.488. The van der Waals surface area contributed by atoms with Crippen LogP contribution in [-0.2, 0) is 10.0 Å². The summed E-state index contributed by atoms with van der Waals surface area (Å²) in [6, 6.07) is 23.6. The zero-order valence-corrected chi connectivity index (χ0v) is 16.5. The Balaban J connectivity index is 1.75. The van der Waals surface area contributed by atoms with Gasteiger partial charge < -0.3 is 0 Å². The van der Waals surface area contributed by atoms with Crippen LogP contribution in [0, 0.1) is 0 Å². The molecule has 0 N–H and O–H groups in total. The molecule has 146 valence electrons. The second-order valence-corrected chi connectivity index (χ2v) is 8.53. The Labute approximate surface area is 172 Å². The van der Waals surface area contributed by atoms with Crippen molar-refractivity contribution in [2.24, 2.45) is 0 Å². The predicted octanol–water partition coefficient (Wildman–Crippen LogP) is 4.05. The second kappa shape index (κ2) is 6.89. The van der Waals surface area contributed by atoms with Crippen LogP contribution in [0.5, 0.6) is 0 Å². The highest BCUT2D eigenvalue weighted by Gasteiger charge is 2.27. The average molecular weight is 413 g/mol. The monoisotopic (exact) mass is 413 g/mol. The van der Waals surface area contributed by atoms with Crippen LogP contribution < -0.4 is 0 Å². The molecule has 6 nitrogen and oxygen atoms in total. The standard InChI is InChI=1S/C23H15N3O3S/c27-22(19-13-12-16-8-6-14-24-23(16)25-19)21-15-17-7-4-5-11-20(17)26(21)30(28,29)18-9-2-1-3-10-18/h1-15H. The number of fused-ring (bicyclic) bond motifs is 2. The fourth-order valence-electron chi connectivity index (χ4n) is 3.46. The molecule has 0 spiro atoms. The number of hydrogen-bond donors (Lipinski definition) is 0. The molecule has 3 aromatic heterocycles. The van der Waals surface area contributed by atoms with Crippen molar-refractivity contribution in [1.29, 1.82) is 0 Å². The van der Waals surface area contributed by atoms with Gasteiger partial charge >= 0.3 is 0 Å². The number of nitrogens with zero attached hydrogens (tertiary/aromatic N) is 3. The van der Waals surface area contributed by atoms with Crippen LogP contribution in [0.4, 0.5) is 0 Å². The largest absolute Gasteiger partial charge is 0.285 e. The Morgan fingerprint density at radius 3 is 2.37 bits per heavy atom. The quantitative estimate of drug-likeness (QED) is 0.415. The van der Waals surface area contributed by atoms with E-state index in [2.05, 4.69) is 9.97 Å². The topological polar surface area (TPSA) is 81.9 Å². The molecule has 0 saturated carbocycles. The molecule has 0 aliphatic carbocycles. The number of para-hydroxylation sites is 1. The molecular weight excluding hydrogens is 398 g/mol. The van der Waals surface area contributed by atoms with E-state index in [0.29, 0.717) is 16.6 Å². The molecule has 0 radical (unpaired) electrons. The van der Waals surface area contributed by atoms with Crippen molar-refractivity contribution >= 4 is 37.7 Å². The fraction of sp³-hybridized carbons (Fsp3) is 0. The highest BCUT2D eigenvalue weighted by Crippen LogP contribution is 2.27. The minimum absolute atomic E-state index is 0.0304. The van der Waals surface area contributed by atoms with Gasteiger partial charge in [0.25, 0.3) is 10.0 Å². The van der Waals surface area contributed by atoms with Gasteiger partial charge in [0.05, 0.1) is 10.4 Å². The van der Waals surface area contributed by atoms with Gasteiger partial charge in [0.15, 0.2) is 5.65 Å². The molecule has 0 aliphatic rings. The van der Waals surface area contributed by atoms with Crippen molar-refractivity contribution in [2.75, 3.05) is 0 Å². The summed E-state index contributed by atoms with van der Waals surface area (Å²) < 4.78 is 28.0. The summed E-state index contributed by atoms with van der Waals surface area (Å²) in [6.45, 7) is 0. The first-order chi connectivity index (χ1) is 14.6. The first-order valence-corrected chi connectivity index (χ1v) is 10.7. The minimum Gasteiger partial charge on any atom is -0.285 e. The third kappa shape index (κ3) is 2.87. The van der Waals surface area contributed by atoms with Crippen molar-refractivity contribution < 1.29 is 13.2 Å². The van der Waals surface area contributed by atoms with Gasteiger partial charge in [-0.1, -0.05) is 36.4 Å². The minimum atomic E-state index is -4.00. The Morgan fingerprint density at radius 1 is 0.800 bits per heavy atom. The lowest BCUT2D eigenvalue weighted by Crippen LogP contribution is -2.19. The summed E-state index contributed by atoms with van der Waals surface area (Å²) in [5.41, 5.74) is 1.02. The van der Waals surface area contributed by atoms with Crippen LogP contribution in [0.3, 0.4) is 0 Å². The summed E-state index contributed by atoms with van der Waals surface area (Å²) >= 11 is 0. The van der Waals surface area contributed by atoms with Gasteiger partial charge in [-0.2, -0.15) is 0 Å². The van der Waals surface area contributed by atoms with E-state index in [1.165, 1.54) is 12.1 Å². The van der Waals surface area contributed by atoms with Gasteiger partial charge in [-0.3, -0.25) is 4.79 Å². The molecule has 30 heavy (non-hydrogen) atoms. The number of ketones is 1. The van der Waals surface area contributed by atoms with Gasteiger partial charge in [0.1, 0.15) is 11.4 Å². The predicted molar refractivity (Wildman–Crippen MR) is 114 cm³/mol. The Bertz CT molecular complexity index is 1520. The smallest absolute Gasteiger partial charge is 0.268 e. The number of pyridine rings is 2. The molecule has 0 fully saturated rings. The third-order valence-corrected chi connectivity index (χ3v) is 6.62. The van der Waals surface area contributed by atoms with Crippen molar-refractivity contribution in [3.63, 3.8) is 0 Å². The molecule has 7 heteroatoms. The van der Waals surface area contributed by atoms with Crippen LogP contribution in [0.25, 0.3) is 21.9 Å². The van der Waals surface area contributed by atoms with Crippen molar-refractivity contribution in [2.45, 2.75) is 4.90 Å². The van der Waals surface area contributed by atoms with Crippen LogP contribution >= 0.6 is 0 Å². The van der Waals surface area contributed by atoms with E-state index < -0.39 is 15.8 Å². The third-order valence-electron chi connectivity index (χ3n) is 4.88. The highest BCUT2D eigenvalue weighted by atomic mass is 32.2. The number of aromatic nitrogens is 3. The summed E-state index contributed by atoms with van der Waals surface area (Å²) in [5, 5.41) is 1.45. The van der Waals surface area contributed by atoms with Crippen molar-refractivity contribution in [3.8, 4) is 0 Å². The summed E-state index contributed by atoms with van der Waals surface area (Å²) in [7, 11) is -4.00. The normalized spacial score (nSPS) is 11.7. The van der Waals surface area contributed by atoms with Crippen LogP contribution in [-0.4, -0.2) is 28.1 Å². The van der Waals surface area contributed by atoms with Gasteiger partial charge in [0.2, 0.25) is 5.78 Å². The molecule has 0 saturated heterocycles. The van der Waals surface area contributed by atoms with E-state index in [4.69, 9.17) is 0 Å². The molecule has 0 aliphatic heterocycles. The first kappa shape index (κ1) is 18.2. The Kier molecular flexibility index (Phi) is 4.18. The summed E-state index contributed by atoms with van der Waals surface area (Å²) in [6.07, 6.45) is 1.60.